The lowest BCUT2D eigenvalue weighted by Gasteiger charge is -2.16. The van der Waals surface area contributed by atoms with Gasteiger partial charge >= 0.3 is 0 Å². The van der Waals surface area contributed by atoms with Gasteiger partial charge < -0.3 is 5.32 Å². The van der Waals surface area contributed by atoms with Crippen LogP contribution in [0, 0.1) is 0 Å². The largest absolute Gasteiger partial charge is 0.314 e. The number of nitrogens with one attached hydrogen (secondary N) is 1. The fourth-order valence-corrected chi connectivity index (χ4v) is 1.84. The topological polar surface area (TPSA) is 24.9 Å². The first-order valence-electron chi connectivity index (χ1n) is 6.10. The maximum absolute atomic E-state index is 4.13. The number of allylic oxidation sites excluding steroid dienone is 1. The summed E-state index contributed by atoms with van der Waals surface area (Å²) in [6, 6.07) is 4.74. The number of rotatable bonds is 8. The highest BCUT2D eigenvalue weighted by Gasteiger charge is 2.06. The average molecular weight is 218 g/mol. The highest BCUT2D eigenvalue weighted by molar-refractivity contribution is 5.08. The Labute approximate surface area is 98.8 Å². The van der Waals surface area contributed by atoms with Gasteiger partial charge in [0.05, 0.1) is 0 Å². The molecule has 1 unspecified atom stereocenters. The van der Waals surface area contributed by atoms with Gasteiger partial charge in [-0.05, 0) is 43.9 Å². The minimum atomic E-state index is 0.600. The zero-order valence-corrected chi connectivity index (χ0v) is 10.2. The Balaban J connectivity index is 2.34. The molecular formula is C14H22N2. The molecular weight excluding hydrogens is 196 g/mol. The van der Waals surface area contributed by atoms with Crippen LogP contribution in [0.3, 0.4) is 0 Å². The van der Waals surface area contributed by atoms with E-state index in [1.165, 1.54) is 18.4 Å². The molecule has 1 aromatic heterocycles. The number of aromatic nitrogens is 1. The van der Waals surface area contributed by atoms with Crippen molar-refractivity contribution in [2.24, 2.45) is 0 Å². The highest BCUT2D eigenvalue weighted by Crippen LogP contribution is 2.08. The lowest BCUT2D eigenvalue weighted by atomic mass is 10.0. The lowest BCUT2D eigenvalue weighted by Crippen LogP contribution is -2.29. The minimum absolute atomic E-state index is 0.600. The second-order valence-electron chi connectivity index (χ2n) is 4.02. The summed E-state index contributed by atoms with van der Waals surface area (Å²) in [7, 11) is 0. The monoisotopic (exact) mass is 218 g/mol. The van der Waals surface area contributed by atoms with E-state index < -0.39 is 0 Å². The zero-order valence-electron chi connectivity index (χ0n) is 10.2. The van der Waals surface area contributed by atoms with Crippen molar-refractivity contribution in [1.29, 1.82) is 0 Å². The molecule has 0 saturated carbocycles. The molecule has 1 heterocycles. The Morgan fingerprint density at radius 1 is 1.50 bits per heavy atom. The molecule has 0 saturated heterocycles. The quantitative estimate of drug-likeness (QED) is 0.679. The molecule has 0 spiro atoms. The first-order valence-corrected chi connectivity index (χ1v) is 6.10. The van der Waals surface area contributed by atoms with Crippen LogP contribution >= 0.6 is 0 Å². The minimum Gasteiger partial charge on any atom is -0.314 e. The SMILES string of the molecule is C=CCCC(CCc1cccnc1)NCC. The molecule has 0 radical (unpaired) electrons. The summed E-state index contributed by atoms with van der Waals surface area (Å²) in [5.41, 5.74) is 1.32. The first-order chi connectivity index (χ1) is 7.86. The van der Waals surface area contributed by atoms with Crippen LogP contribution in [-0.2, 0) is 6.42 Å². The van der Waals surface area contributed by atoms with Gasteiger partial charge in [0.15, 0.2) is 0 Å². The summed E-state index contributed by atoms with van der Waals surface area (Å²) in [6.07, 6.45) is 10.3. The zero-order chi connectivity index (χ0) is 11.6. The van der Waals surface area contributed by atoms with Crippen LogP contribution in [0.1, 0.15) is 31.7 Å². The number of hydrogen-bond acceptors (Lipinski definition) is 2. The van der Waals surface area contributed by atoms with Crippen molar-refractivity contribution < 1.29 is 0 Å². The fraction of sp³-hybridized carbons (Fsp3) is 0.500. The van der Waals surface area contributed by atoms with Crippen molar-refractivity contribution in [3.8, 4) is 0 Å². The Hall–Kier alpha value is -1.15. The maximum Gasteiger partial charge on any atom is 0.0299 e. The molecule has 0 aliphatic heterocycles. The Morgan fingerprint density at radius 3 is 3.00 bits per heavy atom. The van der Waals surface area contributed by atoms with Gasteiger partial charge in [-0.25, -0.2) is 0 Å². The molecule has 0 aromatic carbocycles. The Bertz CT molecular complexity index is 282. The van der Waals surface area contributed by atoms with Crippen LogP contribution in [0.4, 0.5) is 0 Å². The maximum atomic E-state index is 4.13. The van der Waals surface area contributed by atoms with E-state index in [1.54, 1.807) is 0 Å². The molecule has 2 heteroatoms. The summed E-state index contributed by atoms with van der Waals surface area (Å²) in [5, 5.41) is 3.52. The van der Waals surface area contributed by atoms with E-state index in [-0.39, 0.29) is 0 Å². The van der Waals surface area contributed by atoms with Crippen LogP contribution in [0.2, 0.25) is 0 Å². The predicted octanol–water partition coefficient (Wildman–Crippen LogP) is 2.96. The van der Waals surface area contributed by atoms with Crippen LogP contribution in [0.5, 0.6) is 0 Å². The smallest absolute Gasteiger partial charge is 0.0299 e. The van der Waals surface area contributed by atoms with Gasteiger partial charge in [-0.2, -0.15) is 0 Å². The van der Waals surface area contributed by atoms with Gasteiger partial charge in [0.25, 0.3) is 0 Å². The summed E-state index contributed by atoms with van der Waals surface area (Å²) in [5.74, 6) is 0. The van der Waals surface area contributed by atoms with E-state index >= 15 is 0 Å². The van der Waals surface area contributed by atoms with Crippen LogP contribution in [0.25, 0.3) is 0 Å². The first kappa shape index (κ1) is 12.9. The summed E-state index contributed by atoms with van der Waals surface area (Å²) in [4.78, 5) is 4.13. The van der Waals surface area contributed by atoms with E-state index in [2.05, 4.69) is 29.9 Å². The molecule has 1 rings (SSSR count). The van der Waals surface area contributed by atoms with Crippen molar-refractivity contribution in [1.82, 2.24) is 10.3 Å². The molecule has 0 bridgehead atoms. The van der Waals surface area contributed by atoms with E-state index in [0.29, 0.717) is 6.04 Å². The molecule has 0 aliphatic carbocycles. The third-order valence-electron chi connectivity index (χ3n) is 2.72. The molecule has 2 nitrogen and oxygen atoms in total. The molecule has 1 atom stereocenters. The molecule has 0 aliphatic rings. The average Bonchev–Trinajstić information content (AvgIpc) is 2.34. The van der Waals surface area contributed by atoms with Gasteiger partial charge in [0.1, 0.15) is 0 Å². The van der Waals surface area contributed by atoms with Crippen molar-refractivity contribution in [2.45, 2.75) is 38.6 Å². The van der Waals surface area contributed by atoms with E-state index in [9.17, 15) is 0 Å². The van der Waals surface area contributed by atoms with E-state index in [1.807, 2.05) is 24.5 Å². The standard InChI is InChI=1S/C14H22N2/c1-3-5-8-14(16-4-2)10-9-13-7-6-11-15-12-13/h3,6-7,11-12,14,16H,1,4-5,8-10H2,2H3. The number of nitrogens with zero attached hydrogens (tertiary/aromatic N) is 1. The number of hydrogen-bond donors (Lipinski definition) is 1. The predicted molar refractivity (Wildman–Crippen MR) is 69.5 cm³/mol. The van der Waals surface area contributed by atoms with Gasteiger partial charge in [0.2, 0.25) is 0 Å². The third-order valence-corrected chi connectivity index (χ3v) is 2.72. The van der Waals surface area contributed by atoms with Crippen LogP contribution < -0.4 is 5.32 Å². The molecule has 1 N–H and O–H groups in total. The normalized spacial score (nSPS) is 12.3. The highest BCUT2D eigenvalue weighted by atomic mass is 14.9. The molecule has 1 aromatic rings. The van der Waals surface area contributed by atoms with Crippen molar-refractivity contribution in [2.75, 3.05) is 6.54 Å². The third kappa shape index (κ3) is 5.08. The van der Waals surface area contributed by atoms with Crippen molar-refractivity contribution >= 4 is 0 Å². The second-order valence-corrected chi connectivity index (χ2v) is 4.02. The van der Waals surface area contributed by atoms with Crippen LogP contribution in [-0.4, -0.2) is 17.6 Å². The number of pyridine rings is 1. The van der Waals surface area contributed by atoms with Gasteiger partial charge in [0, 0.05) is 18.4 Å². The Morgan fingerprint density at radius 2 is 2.38 bits per heavy atom. The molecule has 0 fully saturated rings. The van der Waals surface area contributed by atoms with E-state index in [4.69, 9.17) is 0 Å². The van der Waals surface area contributed by atoms with Gasteiger partial charge in [-0.3, -0.25) is 4.98 Å². The summed E-state index contributed by atoms with van der Waals surface area (Å²) in [6.45, 7) is 6.97. The van der Waals surface area contributed by atoms with Crippen molar-refractivity contribution in [3.63, 3.8) is 0 Å². The van der Waals surface area contributed by atoms with Gasteiger partial charge in [-0.15, -0.1) is 6.58 Å². The van der Waals surface area contributed by atoms with Gasteiger partial charge in [-0.1, -0.05) is 19.1 Å². The molecule has 88 valence electrons. The Kier molecular flexibility index (Phi) is 6.50. The van der Waals surface area contributed by atoms with E-state index in [0.717, 1.165) is 19.4 Å². The number of aryl methyl sites for hydroxylation is 1. The lowest BCUT2D eigenvalue weighted by molar-refractivity contribution is 0.467. The molecule has 16 heavy (non-hydrogen) atoms. The fourth-order valence-electron chi connectivity index (χ4n) is 1.84. The summed E-state index contributed by atoms with van der Waals surface area (Å²) >= 11 is 0. The summed E-state index contributed by atoms with van der Waals surface area (Å²) < 4.78 is 0. The molecule has 0 amide bonds. The second kappa shape index (κ2) is 8.05. The van der Waals surface area contributed by atoms with Crippen molar-refractivity contribution in [3.05, 3.63) is 42.7 Å². The van der Waals surface area contributed by atoms with Crippen LogP contribution in [0.15, 0.2) is 37.2 Å².